The summed E-state index contributed by atoms with van der Waals surface area (Å²) in [6, 6.07) is 17.5. The number of sulfonamides is 1. The monoisotopic (exact) mass is 756 g/mol. The van der Waals surface area contributed by atoms with Crippen LogP contribution in [-0.2, 0) is 28.4 Å². The van der Waals surface area contributed by atoms with Crippen LogP contribution in [0, 0.1) is 22.7 Å². The second-order valence-corrected chi connectivity index (χ2v) is 16.6. The number of hydrogen-bond donors (Lipinski definition) is 3. The van der Waals surface area contributed by atoms with Crippen LogP contribution >= 0.6 is 0 Å². The number of nitrogens with zero attached hydrogens (tertiary/aromatic N) is 3. The predicted octanol–water partition coefficient (Wildman–Crippen LogP) is 8.75. The first-order valence-corrected chi connectivity index (χ1v) is 20.5. The molecule has 55 heavy (non-hydrogen) atoms. The smallest absolute Gasteiger partial charge is 0.209 e. The number of nitrogens with one attached hydrogen (secondary N) is 3. The molecule has 10 nitrogen and oxygen atoms in total. The van der Waals surface area contributed by atoms with E-state index in [1.165, 1.54) is 36.4 Å². The molecule has 0 fully saturated rings. The van der Waals surface area contributed by atoms with Gasteiger partial charge in [0, 0.05) is 19.0 Å². The molecule has 0 atom stereocenters. The van der Waals surface area contributed by atoms with E-state index >= 15 is 0 Å². The highest BCUT2D eigenvalue weighted by Gasteiger charge is 2.26. The maximum absolute atomic E-state index is 12.8. The molecule has 0 saturated heterocycles. The summed E-state index contributed by atoms with van der Waals surface area (Å²) in [7, 11) is -3.38. The van der Waals surface area contributed by atoms with E-state index in [0.29, 0.717) is 17.0 Å². The van der Waals surface area contributed by atoms with Crippen LogP contribution in [0.3, 0.4) is 0 Å². The Kier molecular flexibility index (Phi) is 13.0. The minimum absolute atomic E-state index is 0.0876. The van der Waals surface area contributed by atoms with Crippen LogP contribution < -0.4 is 4.72 Å². The number of benzene rings is 2. The summed E-state index contributed by atoms with van der Waals surface area (Å²) in [6.45, 7) is 9.68. The minimum atomic E-state index is -3.38. The molecule has 0 spiro atoms. The Morgan fingerprint density at radius 1 is 0.891 bits per heavy atom. The average Bonchev–Trinajstić information content (AvgIpc) is 3.86. The van der Waals surface area contributed by atoms with E-state index in [-0.39, 0.29) is 30.2 Å². The number of imidazole rings is 1. The zero-order chi connectivity index (χ0) is 39.8. The molecular weight excluding hydrogens is 709 g/mol. The Hall–Kier alpha value is -5.62. The van der Waals surface area contributed by atoms with Gasteiger partial charge in [-0.3, -0.25) is 9.59 Å². The molecule has 3 N–H and O–H groups in total. The number of aromatic amines is 2. The normalized spacial score (nSPS) is 14.4. The summed E-state index contributed by atoms with van der Waals surface area (Å²) in [6.07, 6.45) is 17.8. The zero-order valence-corrected chi connectivity index (χ0v) is 32.8. The van der Waals surface area contributed by atoms with Crippen LogP contribution in [0.5, 0.6) is 0 Å². The molecule has 6 rings (SSSR count). The van der Waals surface area contributed by atoms with Crippen LogP contribution in [0.2, 0.25) is 0 Å². The topological polar surface area (TPSA) is 172 Å². The molecule has 2 heterocycles. The predicted molar refractivity (Wildman–Crippen MR) is 216 cm³/mol. The number of ketones is 2. The molecule has 0 saturated carbocycles. The second kappa shape index (κ2) is 17.7. The fourth-order valence-electron chi connectivity index (χ4n) is 7.07. The number of H-pyrrole nitrogens is 2. The Bertz CT molecular complexity index is 2360. The number of aromatic nitrogens is 3. The van der Waals surface area contributed by atoms with Gasteiger partial charge in [-0.2, -0.15) is 10.5 Å². The maximum atomic E-state index is 12.8. The molecule has 0 aliphatic heterocycles. The van der Waals surface area contributed by atoms with Gasteiger partial charge in [0.25, 0.3) is 0 Å². The van der Waals surface area contributed by atoms with Crippen molar-refractivity contribution in [1.29, 1.82) is 10.5 Å². The Balaban J connectivity index is 0.000000214. The third-order valence-corrected chi connectivity index (χ3v) is 10.8. The number of carbonyl (C=O) groups excluding carboxylic acids is 2. The van der Waals surface area contributed by atoms with Crippen molar-refractivity contribution in [2.45, 2.75) is 90.5 Å². The highest BCUT2D eigenvalue weighted by molar-refractivity contribution is 7.88. The highest BCUT2D eigenvalue weighted by atomic mass is 32.2. The molecule has 0 unspecified atom stereocenters. The van der Waals surface area contributed by atoms with Gasteiger partial charge in [0.2, 0.25) is 15.8 Å². The van der Waals surface area contributed by atoms with Gasteiger partial charge in [0.1, 0.15) is 17.8 Å². The first kappa shape index (κ1) is 40.6. The quantitative estimate of drug-likeness (QED) is 0.121. The molecule has 0 bridgehead atoms. The highest BCUT2D eigenvalue weighted by Crippen LogP contribution is 2.34. The molecule has 2 aromatic heterocycles. The SMILES string of the molecule is C=C(C)c1ccc(CC(=O)c2ncc(C#N)[nH]2)c(C2=CCCCC2)c1.CC(C)(NS(C)(=O)=O)c1ccc(CC(=O)c2cc(C#N)c[nH]2)c(C2=CCCCC2)c1. The summed E-state index contributed by atoms with van der Waals surface area (Å²) in [5.41, 5.74) is 9.88. The zero-order valence-electron chi connectivity index (χ0n) is 32.0. The Morgan fingerprint density at radius 3 is 2.04 bits per heavy atom. The average molecular weight is 757 g/mol. The van der Waals surface area contributed by atoms with Gasteiger partial charge in [-0.15, -0.1) is 0 Å². The summed E-state index contributed by atoms with van der Waals surface area (Å²) in [4.78, 5) is 35.0. The summed E-state index contributed by atoms with van der Waals surface area (Å²) < 4.78 is 26.3. The van der Waals surface area contributed by atoms with Crippen molar-refractivity contribution in [3.8, 4) is 12.1 Å². The van der Waals surface area contributed by atoms with E-state index in [0.717, 1.165) is 83.7 Å². The van der Waals surface area contributed by atoms with Gasteiger partial charge in [0.05, 0.1) is 29.2 Å². The van der Waals surface area contributed by atoms with E-state index in [9.17, 15) is 18.0 Å². The lowest BCUT2D eigenvalue weighted by Crippen LogP contribution is -2.40. The second-order valence-electron chi connectivity index (χ2n) is 14.8. The van der Waals surface area contributed by atoms with Gasteiger partial charge in [-0.1, -0.05) is 48.6 Å². The fourth-order valence-corrected chi connectivity index (χ4v) is 8.11. The number of hydrogen-bond acceptors (Lipinski definition) is 7. The van der Waals surface area contributed by atoms with Gasteiger partial charge in [-0.25, -0.2) is 18.1 Å². The molecule has 0 radical (unpaired) electrons. The molecule has 2 aliphatic rings. The van der Waals surface area contributed by atoms with Crippen LogP contribution in [0.15, 0.2) is 73.6 Å². The van der Waals surface area contributed by atoms with Crippen LogP contribution in [0.4, 0.5) is 0 Å². The standard InChI is InChI=1S/C23H27N3O3S.C21H21N3O/c1-23(2,26-30(3,28)29)19-10-9-18(20(13-19)17-7-5-4-6-8-17)12-22(27)21-11-16(14-24)15-25-21;1-14(2)16-8-9-17(19(10-16)15-6-4-3-5-7-15)11-20(25)21-23-13-18(12-22)24-21/h7,9-11,13,15,25-26H,4-6,8,12H2,1-3H3;6,8-10,13H,1,3-5,7,11H2,2H3,(H,23,24). The van der Waals surface area contributed by atoms with E-state index in [1.807, 2.05) is 63.2 Å². The molecule has 4 aromatic rings. The van der Waals surface area contributed by atoms with Gasteiger partial charge in [-0.05, 0) is 135 Å². The molecule has 2 aromatic carbocycles. The van der Waals surface area contributed by atoms with Crippen molar-refractivity contribution in [2.75, 3.05) is 6.26 Å². The van der Waals surface area contributed by atoms with Gasteiger partial charge >= 0.3 is 0 Å². The van der Waals surface area contributed by atoms with E-state index in [2.05, 4.69) is 44.5 Å². The number of Topliss-reactive ketones (excluding diaryl/α,β-unsaturated/α-hetero) is 2. The largest absolute Gasteiger partial charge is 0.357 e. The first-order valence-electron chi connectivity index (χ1n) is 18.6. The van der Waals surface area contributed by atoms with E-state index < -0.39 is 15.6 Å². The Labute approximate surface area is 324 Å². The van der Waals surface area contributed by atoms with Crippen LogP contribution in [0.25, 0.3) is 16.7 Å². The summed E-state index contributed by atoms with van der Waals surface area (Å²) in [5, 5.41) is 17.9. The van der Waals surface area contributed by atoms with E-state index in [1.54, 1.807) is 6.07 Å². The Morgan fingerprint density at radius 2 is 1.51 bits per heavy atom. The van der Waals surface area contributed by atoms with Crippen molar-refractivity contribution in [3.05, 3.63) is 130 Å². The lowest BCUT2D eigenvalue weighted by atomic mass is 9.85. The third-order valence-electron chi connectivity index (χ3n) is 9.92. The molecule has 284 valence electrons. The van der Waals surface area contributed by atoms with Crippen LogP contribution in [0.1, 0.15) is 138 Å². The lowest BCUT2D eigenvalue weighted by Gasteiger charge is -2.27. The third kappa shape index (κ3) is 10.8. The molecule has 0 amide bonds. The van der Waals surface area contributed by atoms with Crippen LogP contribution in [-0.4, -0.2) is 41.2 Å². The molecule has 2 aliphatic carbocycles. The van der Waals surface area contributed by atoms with Crippen molar-refractivity contribution in [3.63, 3.8) is 0 Å². The van der Waals surface area contributed by atoms with Gasteiger partial charge in [0.15, 0.2) is 11.6 Å². The van der Waals surface area contributed by atoms with Gasteiger partial charge < -0.3 is 9.97 Å². The lowest BCUT2D eigenvalue weighted by molar-refractivity contribution is 0.0978. The van der Waals surface area contributed by atoms with Crippen molar-refractivity contribution in [1.82, 2.24) is 19.7 Å². The molecular formula is C44H48N6O4S. The van der Waals surface area contributed by atoms with E-state index in [4.69, 9.17) is 10.5 Å². The summed E-state index contributed by atoms with van der Waals surface area (Å²) >= 11 is 0. The number of allylic oxidation sites excluding steroid dienone is 5. The molecule has 11 heteroatoms. The minimum Gasteiger partial charge on any atom is -0.357 e. The number of carbonyl (C=O) groups is 2. The number of rotatable bonds is 12. The summed E-state index contributed by atoms with van der Waals surface area (Å²) in [5.74, 6) is 0.0433. The van der Waals surface area contributed by atoms with Crippen molar-refractivity contribution in [2.24, 2.45) is 0 Å². The van der Waals surface area contributed by atoms with Crippen molar-refractivity contribution >= 4 is 38.3 Å². The maximum Gasteiger partial charge on any atom is 0.209 e. The fraction of sp³-hybridized carbons (Fsp3) is 0.341. The number of nitriles is 2. The first-order chi connectivity index (χ1) is 26.2. The van der Waals surface area contributed by atoms with Crippen molar-refractivity contribution < 1.29 is 18.0 Å².